The Morgan fingerprint density at radius 2 is 1.92 bits per heavy atom. The first-order chi connectivity index (χ1) is 17.6. The fourth-order valence-electron chi connectivity index (χ4n) is 3.78. The zero-order valence-electron chi connectivity index (χ0n) is 20.4. The SMILES string of the molecule is CCCN(CC#Cc1cc2c(Nc3ccc(OCc4cccc(F)c4)c(Cl)c3)ncnc2s1)CCC. The second kappa shape index (κ2) is 12.7. The molecule has 1 N–H and O–H groups in total. The standard InChI is InChI=1S/C28H28ClFN4OS/c1-3-12-34(13-4-2)14-6-9-23-17-24-27(31-19-32-28(24)36-23)33-22-10-11-26(25(29)16-22)35-18-20-7-5-8-21(30)15-20/h5,7-8,10-11,15-17,19H,3-4,12-14,18H2,1-2H3,(H,31,32,33). The Morgan fingerprint density at radius 3 is 2.67 bits per heavy atom. The van der Waals surface area contributed by atoms with Crippen LogP contribution in [0, 0.1) is 17.7 Å². The Labute approximate surface area is 220 Å². The molecule has 0 atom stereocenters. The number of anilines is 2. The van der Waals surface area contributed by atoms with Crippen molar-refractivity contribution in [3.63, 3.8) is 0 Å². The van der Waals surface area contributed by atoms with Crippen molar-refractivity contribution < 1.29 is 9.13 Å². The Kier molecular flexibility index (Phi) is 9.12. The molecule has 2 aromatic carbocycles. The second-order valence-electron chi connectivity index (χ2n) is 8.32. The number of fused-ring (bicyclic) bond motifs is 1. The van der Waals surface area contributed by atoms with E-state index in [1.54, 1.807) is 41.9 Å². The van der Waals surface area contributed by atoms with Gasteiger partial charge in [0.05, 0.1) is 21.8 Å². The first-order valence-electron chi connectivity index (χ1n) is 11.9. The number of thiophene rings is 1. The van der Waals surface area contributed by atoms with E-state index in [-0.39, 0.29) is 12.4 Å². The van der Waals surface area contributed by atoms with Crippen molar-refractivity contribution in [1.82, 2.24) is 14.9 Å². The lowest BCUT2D eigenvalue weighted by molar-refractivity contribution is 0.306. The molecule has 0 radical (unpaired) electrons. The number of nitrogens with one attached hydrogen (secondary N) is 1. The van der Waals surface area contributed by atoms with Gasteiger partial charge in [-0.25, -0.2) is 14.4 Å². The highest BCUT2D eigenvalue weighted by Gasteiger charge is 2.10. The zero-order valence-corrected chi connectivity index (χ0v) is 21.9. The van der Waals surface area contributed by atoms with E-state index in [2.05, 4.69) is 45.9 Å². The van der Waals surface area contributed by atoms with E-state index < -0.39 is 0 Å². The number of hydrogen-bond donors (Lipinski definition) is 1. The molecule has 2 aromatic heterocycles. The van der Waals surface area contributed by atoms with Crippen LogP contribution in [-0.4, -0.2) is 34.5 Å². The van der Waals surface area contributed by atoms with E-state index >= 15 is 0 Å². The predicted molar refractivity (Wildman–Crippen MR) is 147 cm³/mol. The van der Waals surface area contributed by atoms with Gasteiger partial charge in [0.1, 0.15) is 35.1 Å². The average molecular weight is 523 g/mol. The minimum absolute atomic E-state index is 0.226. The molecule has 0 saturated carbocycles. The summed E-state index contributed by atoms with van der Waals surface area (Å²) in [5.74, 6) is 7.51. The van der Waals surface area contributed by atoms with Crippen molar-refractivity contribution in [1.29, 1.82) is 0 Å². The average Bonchev–Trinajstić information content (AvgIpc) is 3.28. The summed E-state index contributed by atoms with van der Waals surface area (Å²) in [6, 6.07) is 13.8. The molecule has 0 aliphatic carbocycles. The van der Waals surface area contributed by atoms with Gasteiger partial charge in [0.25, 0.3) is 0 Å². The van der Waals surface area contributed by atoms with Crippen molar-refractivity contribution in [2.75, 3.05) is 25.0 Å². The van der Waals surface area contributed by atoms with E-state index in [9.17, 15) is 4.39 Å². The van der Waals surface area contributed by atoms with Crippen molar-refractivity contribution in [3.05, 3.63) is 76.1 Å². The maximum absolute atomic E-state index is 13.4. The quantitative estimate of drug-likeness (QED) is 0.222. The molecule has 0 unspecified atom stereocenters. The summed E-state index contributed by atoms with van der Waals surface area (Å²) in [7, 11) is 0. The highest BCUT2D eigenvalue weighted by molar-refractivity contribution is 7.19. The third-order valence-corrected chi connectivity index (χ3v) is 6.66. The summed E-state index contributed by atoms with van der Waals surface area (Å²) in [6.07, 6.45) is 3.79. The second-order valence-corrected chi connectivity index (χ2v) is 9.76. The predicted octanol–water partition coefficient (Wildman–Crippen LogP) is 7.28. The molecule has 0 spiro atoms. The third kappa shape index (κ3) is 6.94. The molecule has 2 heterocycles. The number of benzene rings is 2. The Balaban J connectivity index is 1.45. The summed E-state index contributed by atoms with van der Waals surface area (Å²) in [4.78, 5) is 13.0. The van der Waals surface area contributed by atoms with Crippen LogP contribution in [0.15, 0.2) is 54.9 Å². The first kappa shape index (κ1) is 25.9. The lowest BCUT2D eigenvalue weighted by Gasteiger charge is -2.17. The van der Waals surface area contributed by atoms with Gasteiger partial charge in [-0.2, -0.15) is 0 Å². The molecule has 4 rings (SSSR count). The van der Waals surface area contributed by atoms with Gasteiger partial charge in [0, 0.05) is 5.69 Å². The number of ether oxygens (including phenoxy) is 1. The maximum Gasteiger partial charge on any atom is 0.142 e. The van der Waals surface area contributed by atoms with Crippen LogP contribution in [0.5, 0.6) is 5.75 Å². The molecule has 4 aromatic rings. The summed E-state index contributed by atoms with van der Waals surface area (Å²) in [6.45, 7) is 7.49. The molecular formula is C28H28ClFN4OS. The summed E-state index contributed by atoms with van der Waals surface area (Å²) in [5.41, 5.74) is 1.50. The monoisotopic (exact) mass is 522 g/mol. The smallest absolute Gasteiger partial charge is 0.142 e. The molecule has 186 valence electrons. The summed E-state index contributed by atoms with van der Waals surface area (Å²) >= 11 is 8.01. The Bertz CT molecular complexity index is 1370. The van der Waals surface area contributed by atoms with Crippen molar-refractivity contribution in [3.8, 4) is 17.6 Å². The Hall–Kier alpha value is -3.18. The highest BCUT2D eigenvalue weighted by Crippen LogP contribution is 2.33. The lowest BCUT2D eigenvalue weighted by Crippen LogP contribution is -2.25. The van der Waals surface area contributed by atoms with E-state index in [0.29, 0.717) is 16.6 Å². The minimum atomic E-state index is -0.296. The molecule has 0 aliphatic rings. The van der Waals surface area contributed by atoms with Crippen LogP contribution in [-0.2, 0) is 6.61 Å². The van der Waals surface area contributed by atoms with E-state index in [0.717, 1.165) is 58.8 Å². The van der Waals surface area contributed by atoms with Gasteiger partial charge in [-0.15, -0.1) is 11.3 Å². The zero-order chi connectivity index (χ0) is 25.3. The molecule has 0 bridgehead atoms. The minimum Gasteiger partial charge on any atom is -0.487 e. The number of halogens is 2. The number of rotatable bonds is 10. The maximum atomic E-state index is 13.4. The molecule has 0 saturated heterocycles. The number of nitrogens with zero attached hydrogens (tertiary/aromatic N) is 3. The molecule has 36 heavy (non-hydrogen) atoms. The van der Waals surface area contributed by atoms with Gasteiger partial charge in [0.2, 0.25) is 0 Å². The van der Waals surface area contributed by atoms with E-state index in [4.69, 9.17) is 16.3 Å². The van der Waals surface area contributed by atoms with Crippen molar-refractivity contribution in [2.24, 2.45) is 0 Å². The molecule has 0 fully saturated rings. The third-order valence-electron chi connectivity index (χ3n) is 5.40. The van der Waals surface area contributed by atoms with Crippen molar-refractivity contribution >= 4 is 44.7 Å². The van der Waals surface area contributed by atoms with Crippen LogP contribution < -0.4 is 10.1 Å². The van der Waals surface area contributed by atoms with Crippen LogP contribution in [0.1, 0.15) is 37.1 Å². The highest BCUT2D eigenvalue weighted by atomic mass is 35.5. The van der Waals surface area contributed by atoms with Gasteiger partial charge < -0.3 is 10.1 Å². The summed E-state index contributed by atoms with van der Waals surface area (Å²) in [5, 5.41) is 4.68. The molecule has 5 nitrogen and oxygen atoms in total. The molecule has 8 heteroatoms. The summed E-state index contributed by atoms with van der Waals surface area (Å²) < 4.78 is 19.2. The van der Waals surface area contributed by atoms with Crippen LogP contribution in [0.3, 0.4) is 0 Å². The number of hydrogen-bond acceptors (Lipinski definition) is 6. The number of aromatic nitrogens is 2. The normalized spacial score (nSPS) is 10.9. The van der Waals surface area contributed by atoms with Crippen LogP contribution in [0.4, 0.5) is 15.9 Å². The lowest BCUT2D eigenvalue weighted by atomic mass is 10.2. The fraction of sp³-hybridized carbons (Fsp3) is 0.286. The van der Waals surface area contributed by atoms with Gasteiger partial charge in [-0.3, -0.25) is 4.90 Å². The molecular weight excluding hydrogens is 495 g/mol. The molecule has 0 amide bonds. The Morgan fingerprint density at radius 1 is 1.08 bits per heavy atom. The topological polar surface area (TPSA) is 50.3 Å². The van der Waals surface area contributed by atoms with Gasteiger partial charge >= 0.3 is 0 Å². The van der Waals surface area contributed by atoms with E-state index in [1.165, 1.54) is 12.1 Å². The van der Waals surface area contributed by atoms with E-state index in [1.807, 2.05) is 12.1 Å². The van der Waals surface area contributed by atoms with Crippen LogP contribution in [0.2, 0.25) is 5.02 Å². The van der Waals surface area contributed by atoms with Gasteiger partial charge in [-0.1, -0.05) is 49.4 Å². The molecule has 0 aliphatic heterocycles. The van der Waals surface area contributed by atoms with Crippen LogP contribution in [0.25, 0.3) is 10.2 Å². The van der Waals surface area contributed by atoms with Gasteiger partial charge in [-0.05, 0) is 67.9 Å². The first-order valence-corrected chi connectivity index (χ1v) is 13.1. The largest absolute Gasteiger partial charge is 0.487 e. The fourth-order valence-corrected chi connectivity index (χ4v) is 4.89. The van der Waals surface area contributed by atoms with Crippen molar-refractivity contribution in [2.45, 2.75) is 33.3 Å². The van der Waals surface area contributed by atoms with Gasteiger partial charge in [0.15, 0.2) is 0 Å². The van der Waals surface area contributed by atoms with Crippen LogP contribution >= 0.6 is 22.9 Å².